The van der Waals surface area contributed by atoms with Gasteiger partial charge in [0.15, 0.2) is 0 Å². The molecule has 2 aromatic rings. The van der Waals surface area contributed by atoms with Gasteiger partial charge in [-0.3, -0.25) is 4.79 Å². The van der Waals surface area contributed by atoms with Crippen molar-refractivity contribution in [2.75, 3.05) is 0 Å². The fraction of sp³-hybridized carbons (Fsp3) is 0.467. The number of Topliss-reactive ketones (excluding diaryl/α,β-unsaturated/α-hetero) is 1. The number of ketones is 1. The summed E-state index contributed by atoms with van der Waals surface area (Å²) in [7, 11) is 0. The van der Waals surface area contributed by atoms with Crippen LogP contribution in [0, 0.1) is 5.41 Å². The van der Waals surface area contributed by atoms with Crippen LogP contribution in [0.1, 0.15) is 32.6 Å². The lowest BCUT2D eigenvalue weighted by Gasteiger charge is -2.33. The molecule has 3 nitrogen and oxygen atoms in total. The number of carbonyl (C=O) groups is 1. The van der Waals surface area contributed by atoms with Gasteiger partial charge in [0.1, 0.15) is 5.78 Å². The Morgan fingerprint density at radius 1 is 1.39 bits per heavy atom. The first-order valence-electron chi connectivity index (χ1n) is 6.58. The quantitative estimate of drug-likeness (QED) is 0.810. The van der Waals surface area contributed by atoms with Crippen molar-refractivity contribution < 1.29 is 4.79 Å². The second-order valence-electron chi connectivity index (χ2n) is 5.74. The van der Waals surface area contributed by atoms with Crippen molar-refractivity contribution in [2.24, 2.45) is 5.41 Å². The van der Waals surface area contributed by atoms with E-state index in [-0.39, 0.29) is 5.41 Å². The highest BCUT2D eigenvalue weighted by molar-refractivity contribution is 5.80. The predicted octanol–water partition coefficient (Wildman–Crippen LogP) is 3.19. The maximum Gasteiger partial charge on any atom is 0.133 e. The molecule has 3 heteroatoms. The minimum atomic E-state index is 0.0960. The standard InChI is InChI=1S/C15H18N2O/c1-15(8-4-5-12(18)9-15)10-17-11-16-13-6-2-3-7-14(13)17/h2-3,6-7,11H,4-5,8-10H2,1H3. The first kappa shape index (κ1) is 11.5. The van der Waals surface area contributed by atoms with Gasteiger partial charge in [-0.15, -0.1) is 0 Å². The molecule has 94 valence electrons. The molecular weight excluding hydrogens is 224 g/mol. The summed E-state index contributed by atoms with van der Waals surface area (Å²) >= 11 is 0. The van der Waals surface area contributed by atoms with E-state index in [9.17, 15) is 4.79 Å². The molecule has 0 spiro atoms. The number of aromatic nitrogens is 2. The van der Waals surface area contributed by atoms with Crippen LogP contribution >= 0.6 is 0 Å². The van der Waals surface area contributed by atoms with Crippen molar-refractivity contribution in [1.82, 2.24) is 9.55 Å². The topological polar surface area (TPSA) is 34.9 Å². The lowest BCUT2D eigenvalue weighted by Crippen LogP contribution is -2.30. The minimum absolute atomic E-state index is 0.0960. The van der Waals surface area contributed by atoms with Crippen molar-refractivity contribution in [2.45, 2.75) is 39.2 Å². The van der Waals surface area contributed by atoms with E-state index in [1.54, 1.807) is 0 Å². The molecule has 1 aliphatic rings. The van der Waals surface area contributed by atoms with Crippen molar-refractivity contribution in [3.05, 3.63) is 30.6 Å². The number of carbonyl (C=O) groups excluding carboxylic acids is 1. The summed E-state index contributed by atoms with van der Waals surface area (Å²) in [4.78, 5) is 16.1. The highest BCUT2D eigenvalue weighted by Crippen LogP contribution is 2.36. The van der Waals surface area contributed by atoms with Crippen molar-refractivity contribution in [3.8, 4) is 0 Å². The van der Waals surface area contributed by atoms with Crippen LogP contribution < -0.4 is 0 Å². The third-order valence-electron chi connectivity index (χ3n) is 3.94. The van der Waals surface area contributed by atoms with E-state index >= 15 is 0 Å². The molecule has 1 unspecified atom stereocenters. The molecule has 0 saturated heterocycles. The van der Waals surface area contributed by atoms with E-state index in [0.29, 0.717) is 12.2 Å². The number of hydrogen-bond donors (Lipinski definition) is 0. The molecule has 1 aliphatic carbocycles. The van der Waals surface area contributed by atoms with Crippen molar-refractivity contribution in [1.29, 1.82) is 0 Å². The van der Waals surface area contributed by atoms with E-state index in [1.807, 2.05) is 24.5 Å². The molecule has 3 rings (SSSR count). The Bertz CT molecular complexity index is 587. The number of hydrogen-bond acceptors (Lipinski definition) is 2. The van der Waals surface area contributed by atoms with Crippen LogP contribution in [0.3, 0.4) is 0 Å². The Balaban J connectivity index is 1.89. The van der Waals surface area contributed by atoms with E-state index in [0.717, 1.165) is 36.8 Å². The van der Waals surface area contributed by atoms with Crippen LogP contribution in [0.2, 0.25) is 0 Å². The van der Waals surface area contributed by atoms with Crippen LogP contribution in [0.5, 0.6) is 0 Å². The van der Waals surface area contributed by atoms with Crippen LogP contribution in [0.15, 0.2) is 30.6 Å². The van der Waals surface area contributed by atoms with Gasteiger partial charge < -0.3 is 4.57 Å². The number of nitrogens with zero attached hydrogens (tertiary/aromatic N) is 2. The maximum absolute atomic E-state index is 11.6. The van der Waals surface area contributed by atoms with Gasteiger partial charge in [0.25, 0.3) is 0 Å². The molecule has 1 fully saturated rings. The zero-order valence-electron chi connectivity index (χ0n) is 10.7. The molecular formula is C15H18N2O. The maximum atomic E-state index is 11.6. The van der Waals surface area contributed by atoms with Crippen LogP contribution in [0.25, 0.3) is 11.0 Å². The predicted molar refractivity (Wildman–Crippen MR) is 71.3 cm³/mol. The number of rotatable bonds is 2. The zero-order chi connectivity index (χ0) is 12.6. The first-order valence-corrected chi connectivity index (χ1v) is 6.58. The summed E-state index contributed by atoms with van der Waals surface area (Å²) in [5.74, 6) is 0.410. The van der Waals surface area contributed by atoms with Crippen molar-refractivity contribution >= 4 is 16.8 Å². The summed E-state index contributed by atoms with van der Waals surface area (Å²) in [6.45, 7) is 3.11. The molecule has 0 N–H and O–H groups in total. The first-order chi connectivity index (χ1) is 8.66. The normalized spacial score (nSPS) is 24.6. The van der Waals surface area contributed by atoms with Gasteiger partial charge in [0, 0.05) is 19.4 Å². The van der Waals surface area contributed by atoms with Gasteiger partial charge >= 0.3 is 0 Å². The summed E-state index contributed by atoms with van der Waals surface area (Å²) in [6.07, 6.45) is 5.53. The van der Waals surface area contributed by atoms with Gasteiger partial charge in [-0.2, -0.15) is 0 Å². The third-order valence-corrected chi connectivity index (χ3v) is 3.94. The largest absolute Gasteiger partial charge is 0.330 e. The average molecular weight is 242 g/mol. The highest BCUT2D eigenvalue weighted by Gasteiger charge is 2.31. The molecule has 0 radical (unpaired) electrons. The van der Waals surface area contributed by atoms with Crippen LogP contribution in [0.4, 0.5) is 0 Å². The summed E-state index contributed by atoms with van der Waals surface area (Å²) in [6, 6.07) is 8.16. The highest BCUT2D eigenvalue weighted by atomic mass is 16.1. The van der Waals surface area contributed by atoms with Crippen LogP contribution in [-0.4, -0.2) is 15.3 Å². The van der Waals surface area contributed by atoms with E-state index < -0.39 is 0 Å². The van der Waals surface area contributed by atoms with Gasteiger partial charge in [-0.25, -0.2) is 4.98 Å². The number of para-hydroxylation sites is 2. The SMILES string of the molecule is CC1(Cn2cnc3ccccc32)CCCC(=O)C1. The molecule has 1 heterocycles. The summed E-state index contributed by atoms with van der Waals surface area (Å²) in [5.41, 5.74) is 2.29. The Morgan fingerprint density at radius 2 is 2.22 bits per heavy atom. The fourth-order valence-corrected chi connectivity index (χ4v) is 3.05. The van der Waals surface area contributed by atoms with Gasteiger partial charge in [-0.05, 0) is 30.4 Å². The molecule has 1 aromatic carbocycles. The number of imidazole rings is 1. The monoisotopic (exact) mass is 242 g/mol. The van der Waals surface area contributed by atoms with E-state index in [1.165, 1.54) is 0 Å². The molecule has 18 heavy (non-hydrogen) atoms. The number of fused-ring (bicyclic) bond motifs is 1. The fourth-order valence-electron chi connectivity index (χ4n) is 3.05. The molecule has 0 amide bonds. The van der Waals surface area contributed by atoms with Gasteiger partial charge in [0.2, 0.25) is 0 Å². The molecule has 1 aromatic heterocycles. The molecule has 1 saturated carbocycles. The lowest BCUT2D eigenvalue weighted by molar-refractivity contribution is -0.123. The summed E-state index contributed by atoms with van der Waals surface area (Å²) < 4.78 is 2.19. The Hall–Kier alpha value is -1.64. The van der Waals surface area contributed by atoms with Crippen LogP contribution in [-0.2, 0) is 11.3 Å². The third kappa shape index (κ3) is 2.05. The Labute approximate surface area is 107 Å². The van der Waals surface area contributed by atoms with E-state index in [4.69, 9.17) is 0 Å². The zero-order valence-corrected chi connectivity index (χ0v) is 10.7. The minimum Gasteiger partial charge on any atom is -0.330 e. The molecule has 0 aliphatic heterocycles. The van der Waals surface area contributed by atoms with Gasteiger partial charge in [0.05, 0.1) is 17.4 Å². The Morgan fingerprint density at radius 3 is 3.06 bits per heavy atom. The average Bonchev–Trinajstić information content (AvgIpc) is 2.72. The second-order valence-corrected chi connectivity index (χ2v) is 5.74. The van der Waals surface area contributed by atoms with E-state index in [2.05, 4.69) is 22.5 Å². The lowest BCUT2D eigenvalue weighted by atomic mass is 9.75. The van der Waals surface area contributed by atoms with Gasteiger partial charge in [-0.1, -0.05) is 19.1 Å². The van der Waals surface area contributed by atoms with Crippen molar-refractivity contribution in [3.63, 3.8) is 0 Å². The second kappa shape index (κ2) is 4.23. The number of benzene rings is 1. The smallest absolute Gasteiger partial charge is 0.133 e. The molecule has 1 atom stereocenters. The summed E-state index contributed by atoms with van der Waals surface area (Å²) in [5, 5.41) is 0. The Kier molecular flexibility index (Phi) is 2.69. The molecule has 0 bridgehead atoms.